The lowest BCUT2D eigenvalue weighted by atomic mass is 10.1. The number of aryl methyl sites for hydroxylation is 1. The van der Waals surface area contributed by atoms with E-state index in [0.29, 0.717) is 19.1 Å². The minimum atomic E-state index is 0.511. The first-order valence-corrected chi connectivity index (χ1v) is 9.81. The Balaban J connectivity index is 1.87. The molecule has 4 aromatic rings. The van der Waals surface area contributed by atoms with Crippen molar-refractivity contribution in [3.05, 3.63) is 41.2 Å². The number of para-hydroxylation sites is 1. The number of fused-ring (bicyclic) bond motifs is 3. The molecule has 0 saturated carbocycles. The Hall–Kier alpha value is -2.80. The molecule has 0 radical (unpaired) electrons. The Morgan fingerprint density at radius 3 is 2.71 bits per heavy atom. The molecular formula is C21H26N6O. The van der Waals surface area contributed by atoms with E-state index in [1.165, 1.54) is 5.56 Å². The van der Waals surface area contributed by atoms with Crippen LogP contribution >= 0.6 is 0 Å². The topological polar surface area (TPSA) is 70.7 Å². The van der Waals surface area contributed by atoms with Crippen LogP contribution in [0.15, 0.2) is 24.3 Å². The fourth-order valence-electron chi connectivity index (χ4n) is 3.78. The Morgan fingerprint density at radius 1 is 1.11 bits per heavy atom. The van der Waals surface area contributed by atoms with Crippen molar-refractivity contribution in [1.82, 2.24) is 29.5 Å². The van der Waals surface area contributed by atoms with Crippen LogP contribution in [0.25, 0.3) is 28.0 Å². The molecule has 0 aliphatic carbocycles. The molecule has 0 amide bonds. The van der Waals surface area contributed by atoms with Gasteiger partial charge in [-0.3, -0.25) is 0 Å². The standard InChI is InChI=1S/C21H26N6O/c1-5-6-9-16-14(2)25-27(15(16)3)21-22-20-19(23-24-21)17-10-7-8-11-18(17)26(20)12-13-28-4/h7-8,10-11H,5-6,9,12-13H2,1-4H3. The average molecular weight is 378 g/mol. The third kappa shape index (κ3) is 3.05. The van der Waals surface area contributed by atoms with E-state index in [4.69, 9.17) is 14.8 Å². The lowest BCUT2D eigenvalue weighted by Crippen LogP contribution is -2.10. The highest BCUT2D eigenvalue weighted by Gasteiger charge is 2.18. The molecule has 0 unspecified atom stereocenters. The molecule has 3 aromatic heterocycles. The van der Waals surface area contributed by atoms with Crippen LogP contribution in [0.4, 0.5) is 0 Å². The molecule has 4 rings (SSSR count). The fourth-order valence-corrected chi connectivity index (χ4v) is 3.78. The molecule has 0 fully saturated rings. The van der Waals surface area contributed by atoms with Crippen LogP contribution in [-0.4, -0.2) is 43.2 Å². The summed E-state index contributed by atoms with van der Waals surface area (Å²) in [6.07, 6.45) is 3.34. The number of aromatic nitrogens is 6. The maximum atomic E-state index is 5.30. The molecule has 0 bridgehead atoms. The summed E-state index contributed by atoms with van der Waals surface area (Å²) in [7, 11) is 1.71. The lowest BCUT2D eigenvalue weighted by Gasteiger charge is -2.07. The van der Waals surface area contributed by atoms with Gasteiger partial charge in [-0.2, -0.15) is 10.1 Å². The fraction of sp³-hybridized carbons (Fsp3) is 0.429. The third-order valence-electron chi connectivity index (χ3n) is 5.29. The highest BCUT2D eigenvalue weighted by molar-refractivity contribution is 6.04. The van der Waals surface area contributed by atoms with E-state index in [9.17, 15) is 0 Å². The molecule has 3 heterocycles. The monoisotopic (exact) mass is 378 g/mol. The SMILES string of the molecule is CCCCc1c(C)nn(-c2nnc3c4ccccc4n(CCOC)c3n2)c1C. The van der Waals surface area contributed by atoms with Crippen molar-refractivity contribution < 1.29 is 4.74 Å². The van der Waals surface area contributed by atoms with Crippen molar-refractivity contribution in [2.45, 2.75) is 46.6 Å². The van der Waals surface area contributed by atoms with E-state index >= 15 is 0 Å². The van der Waals surface area contributed by atoms with Crippen LogP contribution in [0.2, 0.25) is 0 Å². The Kier molecular flexibility index (Phi) is 5.09. The Morgan fingerprint density at radius 2 is 1.93 bits per heavy atom. The normalized spacial score (nSPS) is 11.7. The van der Waals surface area contributed by atoms with Gasteiger partial charge in [0.15, 0.2) is 5.65 Å². The van der Waals surface area contributed by atoms with Gasteiger partial charge in [0.05, 0.1) is 17.8 Å². The summed E-state index contributed by atoms with van der Waals surface area (Å²) in [5.41, 5.74) is 6.12. The van der Waals surface area contributed by atoms with Gasteiger partial charge in [0.2, 0.25) is 0 Å². The molecule has 7 nitrogen and oxygen atoms in total. The molecule has 0 saturated heterocycles. The van der Waals surface area contributed by atoms with Gasteiger partial charge < -0.3 is 9.30 Å². The molecule has 0 atom stereocenters. The first kappa shape index (κ1) is 18.6. The smallest absolute Gasteiger partial charge is 0.272 e. The summed E-state index contributed by atoms with van der Waals surface area (Å²) in [5, 5.41) is 14.7. The summed E-state index contributed by atoms with van der Waals surface area (Å²) in [4.78, 5) is 4.87. The third-order valence-corrected chi connectivity index (χ3v) is 5.29. The summed E-state index contributed by atoms with van der Waals surface area (Å²) in [6, 6.07) is 8.18. The second kappa shape index (κ2) is 7.67. The summed E-state index contributed by atoms with van der Waals surface area (Å²) in [5.74, 6) is 0.511. The van der Waals surface area contributed by atoms with Gasteiger partial charge in [-0.15, -0.1) is 10.2 Å². The molecule has 28 heavy (non-hydrogen) atoms. The number of benzene rings is 1. The predicted molar refractivity (Wildman–Crippen MR) is 110 cm³/mol. The number of hydrogen-bond donors (Lipinski definition) is 0. The quantitative estimate of drug-likeness (QED) is 0.489. The zero-order valence-electron chi connectivity index (χ0n) is 16.9. The number of ether oxygens (including phenoxy) is 1. The van der Waals surface area contributed by atoms with Gasteiger partial charge in [-0.1, -0.05) is 31.5 Å². The maximum Gasteiger partial charge on any atom is 0.272 e. The van der Waals surface area contributed by atoms with Crippen molar-refractivity contribution >= 4 is 22.1 Å². The summed E-state index contributed by atoms with van der Waals surface area (Å²) in [6.45, 7) is 7.65. The zero-order valence-corrected chi connectivity index (χ0v) is 16.9. The van der Waals surface area contributed by atoms with Gasteiger partial charge in [-0.05, 0) is 38.3 Å². The highest BCUT2D eigenvalue weighted by Crippen LogP contribution is 2.26. The number of nitrogens with zero attached hydrogens (tertiary/aromatic N) is 6. The van der Waals surface area contributed by atoms with Gasteiger partial charge in [-0.25, -0.2) is 4.68 Å². The van der Waals surface area contributed by atoms with Crippen molar-refractivity contribution in [3.63, 3.8) is 0 Å². The molecule has 0 aliphatic heterocycles. The molecule has 146 valence electrons. The van der Waals surface area contributed by atoms with Crippen molar-refractivity contribution in [2.24, 2.45) is 0 Å². The second-order valence-corrected chi connectivity index (χ2v) is 7.11. The minimum Gasteiger partial charge on any atom is -0.383 e. The average Bonchev–Trinajstić information content (AvgIpc) is 3.18. The number of unbranched alkanes of at least 4 members (excludes halogenated alkanes) is 1. The predicted octanol–water partition coefficient (Wildman–Crippen LogP) is 3.77. The van der Waals surface area contributed by atoms with E-state index in [2.05, 4.69) is 47.7 Å². The zero-order chi connectivity index (χ0) is 19.7. The summed E-state index contributed by atoms with van der Waals surface area (Å²) < 4.78 is 9.27. The molecule has 1 aromatic carbocycles. The first-order chi connectivity index (χ1) is 13.7. The van der Waals surface area contributed by atoms with Crippen molar-refractivity contribution in [1.29, 1.82) is 0 Å². The Bertz CT molecular complexity index is 1130. The van der Waals surface area contributed by atoms with Crippen LogP contribution in [0.1, 0.15) is 36.7 Å². The minimum absolute atomic E-state index is 0.511. The van der Waals surface area contributed by atoms with Crippen LogP contribution in [-0.2, 0) is 17.7 Å². The van der Waals surface area contributed by atoms with Gasteiger partial charge in [0, 0.05) is 24.7 Å². The highest BCUT2D eigenvalue weighted by atomic mass is 16.5. The van der Waals surface area contributed by atoms with Crippen LogP contribution in [0, 0.1) is 13.8 Å². The van der Waals surface area contributed by atoms with Crippen LogP contribution < -0.4 is 0 Å². The largest absolute Gasteiger partial charge is 0.383 e. The van der Waals surface area contributed by atoms with E-state index in [0.717, 1.165) is 52.7 Å². The molecule has 0 spiro atoms. The van der Waals surface area contributed by atoms with Gasteiger partial charge >= 0.3 is 0 Å². The van der Waals surface area contributed by atoms with Crippen molar-refractivity contribution in [3.8, 4) is 5.95 Å². The first-order valence-electron chi connectivity index (χ1n) is 9.81. The van der Waals surface area contributed by atoms with Crippen LogP contribution in [0.5, 0.6) is 0 Å². The maximum absolute atomic E-state index is 5.30. The van der Waals surface area contributed by atoms with Crippen LogP contribution in [0.3, 0.4) is 0 Å². The molecular weight excluding hydrogens is 352 g/mol. The van der Waals surface area contributed by atoms with Gasteiger partial charge in [0.25, 0.3) is 5.95 Å². The second-order valence-electron chi connectivity index (χ2n) is 7.11. The number of hydrogen-bond acceptors (Lipinski definition) is 5. The van der Waals surface area contributed by atoms with Crippen molar-refractivity contribution in [2.75, 3.05) is 13.7 Å². The summed E-state index contributed by atoms with van der Waals surface area (Å²) >= 11 is 0. The molecule has 0 N–H and O–H groups in total. The van der Waals surface area contributed by atoms with E-state index in [-0.39, 0.29) is 0 Å². The van der Waals surface area contributed by atoms with E-state index in [1.807, 2.05) is 16.8 Å². The Labute approximate surface area is 164 Å². The number of methoxy groups -OCH3 is 1. The van der Waals surface area contributed by atoms with E-state index in [1.54, 1.807) is 7.11 Å². The number of rotatable bonds is 7. The van der Waals surface area contributed by atoms with Gasteiger partial charge in [0.1, 0.15) is 5.52 Å². The molecule has 0 aliphatic rings. The lowest BCUT2D eigenvalue weighted by molar-refractivity contribution is 0.189. The van der Waals surface area contributed by atoms with E-state index < -0.39 is 0 Å². The molecule has 7 heteroatoms.